The van der Waals surface area contributed by atoms with Crippen molar-refractivity contribution in [3.63, 3.8) is 0 Å². The van der Waals surface area contributed by atoms with Crippen molar-refractivity contribution >= 4 is 34.0 Å². The van der Waals surface area contributed by atoms with Crippen LogP contribution in [0.4, 0.5) is 0 Å². The third-order valence-corrected chi connectivity index (χ3v) is 1.72. The third-order valence-electron chi connectivity index (χ3n) is 1.72. The van der Waals surface area contributed by atoms with E-state index in [9.17, 15) is 0 Å². The Kier molecular flexibility index (Phi) is 9.78. The number of hydrogen-bond donors (Lipinski definition) is 2. The van der Waals surface area contributed by atoms with Gasteiger partial charge in [-0.25, -0.2) is 0 Å². The lowest BCUT2D eigenvalue weighted by Gasteiger charge is -2.08. The molecule has 0 saturated carbocycles. The molecule has 11 heavy (non-hydrogen) atoms. The number of nitrogens with two attached hydrogens (primary N) is 2. The van der Waals surface area contributed by atoms with Gasteiger partial charge in [-0.05, 0) is 12.8 Å². The summed E-state index contributed by atoms with van der Waals surface area (Å²) < 4.78 is 5.41. The van der Waals surface area contributed by atoms with E-state index in [-0.39, 0.29) is 46.2 Å². The first-order valence-electron chi connectivity index (χ1n) is 3.42. The predicted octanol–water partition coefficient (Wildman–Crippen LogP) is 0.607. The van der Waals surface area contributed by atoms with Crippen LogP contribution in [0.3, 0.4) is 0 Å². The highest BCUT2D eigenvalue weighted by molar-refractivity contribution is 8.93. The quantitative estimate of drug-likeness (QED) is 0.784. The lowest BCUT2D eigenvalue weighted by atomic mass is 10.2. The number of rotatable bonds is 2. The van der Waals surface area contributed by atoms with Crippen molar-refractivity contribution in [1.82, 2.24) is 0 Å². The van der Waals surface area contributed by atoms with E-state index in [0.717, 1.165) is 12.8 Å². The molecule has 3 nitrogen and oxygen atoms in total. The highest BCUT2D eigenvalue weighted by Gasteiger charge is 2.22. The molecular formula is C6H16Br2N2O. The van der Waals surface area contributed by atoms with Crippen LogP contribution in [0.25, 0.3) is 0 Å². The molecule has 1 aliphatic heterocycles. The summed E-state index contributed by atoms with van der Waals surface area (Å²) in [5.74, 6) is 0. The van der Waals surface area contributed by atoms with Gasteiger partial charge in [0, 0.05) is 13.1 Å². The maximum absolute atomic E-state index is 5.41. The zero-order valence-electron chi connectivity index (χ0n) is 6.36. The van der Waals surface area contributed by atoms with Gasteiger partial charge in [0.25, 0.3) is 0 Å². The molecule has 0 bridgehead atoms. The predicted molar refractivity (Wildman–Crippen MR) is 56.6 cm³/mol. The van der Waals surface area contributed by atoms with Crippen LogP contribution < -0.4 is 11.5 Å². The van der Waals surface area contributed by atoms with E-state index in [1.54, 1.807) is 0 Å². The first-order valence-corrected chi connectivity index (χ1v) is 3.42. The summed E-state index contributed by atoms with van der Waals surface area (Å²) in [7, 11) is 0. The zero-order chi connectivity index (χ0) is 6.69. The molecule has 0 aromatic rings. The van der Waals surface area contributed by atoms with Crippen LogP contribution in [-0.4, -0.2) is 25.3 Å². The van der Waals surface area contributed by atoms with E-state index in [2.05, 4.69) is 0 Å². The zero-order valence-corrected chi connectivity index (χ0v) is 9.79. The van der Waals surface area contributed by atoms with Crippen molar-refractivity contribution < 1.29 is 4.74 Å². The van der Waals surface area contributed by atoms with Crippen molar-refractivity contribution in [2.24, 2.45) is 11.5 Å². The summed E-state index contributed by atoms with van der Waals surface area (Å²) in [6.07, 6.45) is 2.72. The van der Waals surface area contributed by atoms with E-state index in [1.165, 1.54) is 0 Å². The average molecular weight is 292 g/mol. The van der Waals surface area contributed by atoms with Crippen LogP contribution in [0, 0.1) is 0 Å². The van der Waals surface area contributed by atoms with E-state index < -0.39 is 0 Å². The minimum atomic E-state index is 0. The fourth-order valence-corrected chi connectivity index (χ4v) is 1.13. The maximum atomic E-state index is 5.41. The van der Waals surface area contributed by atoms with Gasteiger partial charge >= 0.3 is 0 Å². The van der Waals surface area contributed by atoms with Gasteiger partial charge in [-0.15, -0.1) is 34.0 Å². The molecule has 1 aliphatic rings. The normalized spacial score (nSPS) is 28.9. The van der Waals surface area contributed by atoms with Crippen LogP contribution in [0.5, 0.6) is 0 Å². The lowest BCUT2D eigenvalue weighted by Crippen LogP contribution is -2.24. The average Bonchev–Trinajstić information content (AvgIpc) is 2.34. The standard InChI is InChI=1S/C6H14N2O.2BrH/c7-3-5-1-2-6(4-8)9-5;;/h5-6H,1-4,7-8H2;2*1H. The SMILES string of the molecule is Br.Br.NCC1CCC(CN)O1. The Morgan fingerprint density at radius 3 is 1.55 bits per heavy atom. The molecule has 0 aromatic heterocycles. The minimum absolute atomic E-state index is 0. The van der Waals surface area contributed by atoms with Crippen LogP contribution in [-0.2, 0) is 4.74 Å². The maximum Gasteiger partial charge on any atom is 0.0702 e. The van der Waals surface area contributed by atoms with Crippen molar-refractivity contribution in [3.8, 4) is 0 Å². The summed E-state index contributed by atoms with van der Waals surface area (Å²) in [4.78, 5) is 0. The van der Waals surface area contributed by atoms with Gasteiger partial charge in [-0.3, -0.25) is 0 Å². The Morgan fingerprint density at radius 1 is 1.00 bits per heavy atom. The Morgan fingerprint density at radius 2 is 1.36 bits per heavy atom. The highest BCUT2D eigenvalue weighted by Crippen LogP contribution is 2.17. The summed E-state index contributed by atoms with van der Waals surface area (Å²) in [5, 5.41) is 0. The van der Waals surface area contributed by atoms with Crippen molar-refractivity contribution in [1.29, 1.82) is 0 Å². The molecule has 1 fully saturated rings. The molecule has 1 rings (SSSR count). The fraction of sp³-hybridized carbons (Fsp3) is 1.00. The summed E-state index contributed by atoms with van der Waals surface area (Å²) in [6, 6.07) is 0. The van der Waals surface area contributed by atoms with Crippen LogP contribution >= 0.6 is 34.0 Å². The molecule has 1 heterocycles. The number of halogens is 2. The second kappa shape index (κ2) is 7.49. The van der Waals surface area contributed by atoms with Gasteiger partial charge < -0.3 is 16.2 Å². The van der Waals surface area contributed by atoms with E-state index >= 15 is 0 Å². The van der Waals surface area contributed by atoms with Crippen LogP contribution in [0.15, 0.2) is 0 Å². The Labute approximate surface area is 88.4 Å². The van der Waals surface area contributed by atoms with Gasteiger partial charge in [0.05, 0.1) is 12.2 Å². The fourth-order valence-electron chi connectivity index (χ4n) is 1.13. The first-order chi connectivity index (χ1) is 4.36. The van der Waals surface area contributed by atoms with Crippen LogP contribution in [0.2, 0.25) is 0 Å². The van der Waals surface area contributed by atoms with E-state index in [1.807, 2.05) is 0 Å². The molecule has 0 aliphatic carbocycles. The van der Waals surface area contributed by atoms with Gasteiger partial charge in [0.2, 0.25) is 0 Å². The van der Waals surface area contributed by atoms with Crippen molar-refractivity contribution in [3.05, 3.63) is 0 Å². The molecule has 2 unspecified atom stereocenters. The largest absolute Gasteiger partial charge is 0.372 e. The number of hydrogen-bond acceptors (Lipinski definition) is 3. The Hall–Kier alpha value is 0.840. The second-order valence-electron chi connectivity index (χ2n) is 2.43. The van der Waals surface area contributed by atoms with E-state index in [0.29, 0.717) is 13.1 Å². The van der Waals surface area contributed by atoms with Gasteiger partial charge in [-0.2, -0.15) is 0 Å². The molecule has 1 saturated heterocycles. The van der Waals surface area contributed by atoms with Crippen molar-refractivity contribution in [2.75, 3.05) is 13.1 Å². The molecule has 0 amide bonds. The summed E-state index contributed by atoms with van der Waals surface area (Å²) >= 11 is 0. The minimum Gasteiger partial charge on any atom is -0.372 e. The number of ether oxygens (including phenoxy) is 1. The summed E-state index contributed by atoms with van der Waals surface area (Å²) in [6.45, 7) is 1.27. The molecule has 0 spiro atoms. The first kappa shape index (κ1) is 14.4. The van der Waals surface area contributed by atoms with Gasteiger partial charge in [0.15, 0.2) is 0 Å². The van der Waals surface area contributed by atoms with Gasteiger partial charge in [0.1, 0.15) is 0 Å². The molecule has 0 radical (unpaired) electrons. The molecule has 2 atom stereocenters. The smallest absolute Gasteiger partial charge is 0.0702 e. The molecule has 4 N–H and O–H groups in total. The molecular weight excluding hydrogens is 276 g/mol. The molecule has 5 heteroatoms. The molecule has 70 valence electrons. The van der Waals surface area contributed by atoms with Gasteiger partial charge in [-0.1, -0.05) is 0 Å². The van der Waals surface area contributed by atoms with Crippen LogP contribution in [0.1, 0.15) is 12.8 Å². The van der Waals surface area contributed by atoms with Crippen molar-refractivity contribution in [2.45, 2.75) is 25.0 Å². The highest BCUT2D eigenvalue weighted by atomic mass is 79.9. The topological polar surface area (TPSA) is 61.3 Å². The summed E-state index contributed by atoms with van der Waals surface area (Å²) in [5.41, 5.74) is 10.8. The third kappa shape index (κ3) is 4.42. The second-order valence-corrected chi connectivity index (χ2v) is 2.43. The Bertz CT molecular complexity index is 84.7. The monoisotopic (exact) mass is 290 g/mol. The van der Waals surface area contributed by atoms with E-state index in [4.69, 9.17) is 16.2 Å². The molecule has 0 aromatic carbocycles. The lowest BCUT2D eigenvalue weighted by molar-refractivity contribution is 0.0555. The Balaban J connectivity index is 0.